The number of carboxylic acid groups (broad SMARTS) is 1. The molecule has 2 aromatic carbocycles. The fourth-order valence-electron chi connectivity index (χ4n) is 4.65. The number of aromatic carboxylic acids is 1. The number of para-hydroxylation sites is 1. The summed E-state index contributed by atoms with van der Waals surface area (Å²) < 4.78 is 0. The predicted octanol–water partition coefficient (Wildman–Crippen LogP) is 7.79. The SMILES string of the molecule is CC.CC1(C)CCC(C)(C)c2cc3c(cc21)Sc1ccccc1N=C3c1ccc(C(=O)O)cn1. The van der Waals surface area contributed by atoms with Crippen molar-refractivity contribution >= 4 is 29.1 Å². The Morgan fingerprint density at radius 1 is 0.912 bits per heavy atom. The second kappa shape index (κ2) is 9.03. The number of nitrogens with zero attached hydrogens (tertiary/aromatic N) is 2. The van der Waals surface area contributed by atoms with Crippen molar-refractivity contribution < 1.29 is 9.90 Å². The van der Waals surface area contributed by atoms with E-state index >= 15 is 0 Å². The maximum absolute atomic E-state index is 11.3. The molecule has 1 aliphatic heterocycles. The molecular formula is C29H32N2O2S. The van der Waals surface area contributed by atoms with Gasteiger partial charge in [0, 0.05) is 21.6 Å². The van der Waals surface area contributed by atoms with Crippen LogP contribution in [0.1, 0.15) is 87.1 Å². The minimum Gasteiger partial charge on any atom is -0.478 e. The molecule has 3 aromatic rings. The van der Waals surface area contributed by atoms with E-state index in [1.807, 2.05) is 32.0 Å². The highest BCUT2D eigenvalue weighted by Gasteiger charge is 2.38. The number of aromatic nitrogens is 1. The lowest BCUT2D eigenvalue weighted by Crippen LogP contribution is -2.34. The molecule has 2 heterocycles. The zero-order valence-electron chi connectivity index (χ0n) is 20.8. The van der Waals surface area contributed by atoms with Crippen molar-refractivity contribution in [2.24, 2.45) is 4.99 Å². The number of rotatable bonds is 2. The number of hydrogen-bond donors (Lipinski definition) is 1. The van der Waals surface area contributed by atoms with E-state index in [1.54, 1.807) is 23.9 Å². The Kier molecular flexibility index (Phi) is 6.43. The lowest BCUT2D eigenvalue weighted by molar-refractivity contribution is 0.0696. The number of pyridine rings is 1. The molecule has 1 aromatic heterocycles. The van der Waals surface area contributed by atoms with Crippen molar-refractivity contribution in [1.29, 1.82) is 0 Å². The highest BCUT2D eigenvalue weighted by Crippen LogP contribution is 2.50. The van der Waals surface area contributed by atoms with Crippen LogP contribution in [-0.2, 0) is 10.8 Å². The fourth-order valence-corrected chi connectivity index (χ4v) is 5.70. The Hall–Kier alpha value is -2.92. The number of fused-ring (bicyclic) bond motifs is 3. The van der Waals surface area contributed by atoms with Gasteiger partial charge in [0.2, 0.25) is 0 Å². The zero-order chi connectivity index (χ0) is 24.7. The highest BCUT2D eigenvalue weighted by atomic mass is 32.2. The van der Waals surface area contributed by atoms with E-state index in [4.69, 9.17) is 4.99 Å². The van der Waals surface area contributed by atoms with Crippen LogP contribution in [0.4, 0.5) is 5.69 Å². The van der Waals surface area contributed by atoms with Crippen molar-refractivity contribution in [3.8, 4) is 0 Å². The molecule has 0 atom stereocenters. The van der Waals surface area contributed by atoms with Crippen molar-refractivity contribution in [1.82, 2.24) is 4.98 Å². The van der Waals surface area contributed by atoms with E-state index in [-0.39, 0.29) is 16.4 Å². The molecule has 0 fully saturated rings. The first-order valence-electron chi connectivity index (χ1n) is 11.9. The predicted molar refractivity (Wildman–Crippen MR) is 140 cm³/mol. The topological polar surface area (TPSA) is 62.5 Å². The molecule has 0 saturated heterocycles. The van der Waals surface area contributed by atoms with Crippen molar-refractivity contribution in [2.45, 2.75) is 75.0 Å². The number of benzene rings is 2. The number of carbonyl (C=O) groups is 1. The zero-order valence-corrected chi connectivity index (χ0v) is 21.6. The van der Waals surface area contributed by atoms with Gasteiger partial charge in [0.15, 0.2) is 0 Å². The van der Waals surface area contributed by atoms with Crippen LogP contribution >= 0.6 is 11.8 Å². The van der Waals surface area contributed by atoms with Gasteiger partial charge < -0.3 is 5.11 Å². The molecule has 176 valence electrons. The van der Waals surface area contributed by atoms with Gasteiger partial charge in [-0.3, -0.25) is 4.98 Å². The largest absolute Gasteiger partial charge is 0.478 e. The van der Waals surface area contributed by atoms with Crippen molar-refractivity contribution in [3.63, 3.8) is 0 Å². The summed E-state index contributed by atoms with van der Waals surface area (Å²) in [6, 6.07) is 16.2. The summed E-state index contributed by atoms with van der Waals surface area (Å²) in [5, 5.41) is 9.28. The normalized spacial score (nSPS) is 17.1. The molecule has 0 radical (unpaired) electrons. The van der Waals surface area contributed by atoms with Gasteiger partial charge in [0.1, 0.15) is 0 Å². The van der Waals surface area contributed by atoms with Gasteiger partial charge in [-0.1, -0.05) is 65.4 Å². The molecule has 2 aliphatic rings. The van der Waals surface area contributed by atoms with E-state index in [2.05, 4.69) is 50.9 Å². The standard InChI is InChI=1S/C27H26N2O2S.C2H6/c1-26(2)11-12-27(3,4)19-14-23-17(13-18(19)26)24(21-10-9-16(15-28-21)25(30)31)29-20-7-5-6-8-22(20)32-23;1-2/h5-10,13-15H,11-12H2,1-4H3,(H,30,31);1-2H3. The third kappa shape index (κ3) is 4.29. The monoisotopic (exact) mass is 472 g/mol. The first kappa shape index (κ1) is 24.2. The summed E-state index contributed by atoms with van der Waals surface area (Å²) in [5.41, 5.74) is 6.59. The molecule has 5 rings (SSSR count). The van der Waals surface area contributed by atoms with E-state index < -0.39 is 5.97 Å². The fraction of sp³-hybridized carbons (Fsp3) is 0.345. The lowest BCUT2D eigenvalue weighted by atomic mass is 9.63. The van der Waals surface area contributed by atoms with E-state index in [1.165, 1.54) is 22.2 Å². The molecule has 0 unspecified atom stereocenters. The molecule has 34 heavy (non-hydrogen) atoms. The minimum absolute atomic E-state index is 0.0788. The second-order valence-corrected chi connectivity index (χ2v) is 11.0. The Morgan fingerprint density at radius 2 is 1.56 bits per heavy atom. The average molecular weight is 473 g/mol. The van der Waals surface area contributed by atoms with Crippen LogP contribution in [0.3, 0.4) is 0 Å². The van der Waals surface area contributed by atoms with E-state index in [0.29, 0.717) is 5.69 Å². The third-order valence-electron chi connectivity index (χ3n) is 6.78. The van der Waals surface area contributed by atoms with Gasteiger partial charge in [-0.15, -0.1) is 0 Å². The Bertz CT molecular complexity index is 1270. The van der Waals surface area contributed by atoms with Crippen LogP contribution in [-0.4, -0.2) is 21.8 Å². The van der Waals surface area contributed by atoms with Gasteiger partial charge in [-0.05, 0) is 71.2 Å². The Balaban J connectivity index is 0.00000133. The summed E-state index contributed by atoms with van der Waals surface area (Å²) in [7, 11) is 0. The van der Waals surface area contributed by atoms with Crippen LogP contribution in [0.5, 0.6) is 0 Å². The molecule has 1 aliphatic carbocycles. The summed E-state index contributed by atoms with van der Waals surface area (Å²) in [6.07, 6.45) is 3.71. The summed E-state index contributed by atoms with van der Waals surface area (Å²) in [6.45, 7) is 13.3. The van der Waals surface area contributed by atoms with Crippen LogP contribution in [0.15, 0.2) is 69.5 Å². The first-order valence-corrected chi connectivity index (χ1v) is 12.7. The summed E-state index contributed by atoms with van der Waals surface area (Å²) >= 11 is 1.75. The van der Waals surface area contributed by atoms with Gasteiger partial charge in [0.05, 0.1) is 22.7 Å². The van der Waals surface area contributed by atoms with Gasteiger partial charge >= 0.3 is 5.97 Å². The van der Waals surface area contributed by atoms with E-state index in [9.17, 15) is 9.90 Å². The number of carboxylic acids is 1. The van der Waals surface area contributed by atoms with Gasteiger partial charge in [-0.25, -0.2) is 9.79 Å². The lowest BCUT2D eigenvalue weighted by Gasteiger charge is -2.42. The van der Waals surface area contributed by atoms with Crippen LogP contribution < -0.4 is 0 Å². The molecule has 0 amide bonds. The summed E-state index contributed by atoms with van der Waals surface area (Å²) in [4.78, 5) is 23.1. The van der Waals surface area contributed by atoms with Gasteiger partial charge in [0.25, 0.3) is 0 Å². The van der Waals surface area contributed by atoms with Crippen LogP contribution in [0.2, 0.25) is 0 Å². The van der Waals surface area contributed by atoms with Gasteiger partial charge in [-0.2, -0.15) is 0 Å². The molecule has 5 heteroatoms. The first-order chi connectivity index (χ1) is 16.2. The smallest absolute Gasteiger partial charge is 0.337 e. The minimum atomic E-state index is -0.980. The molecule has 0 bridgehead atoms. The average Bonchev–Trinajstić information content (AvgIpc) is 2.99. The molecule has 4 nitrogen and oxygen atoms in total. The molecule has 0 spiro atoms. The molecular weight excluding hydrogens is 440 g/mol. The number of hydrogen-bond acceptors (Lipinski definition) is 4. The van der Waals surface area contributed by atoms with Crippen LogP contribution in [0, 0.1) is 0 Å². The number of aliphatic imine (C=N–C) groups is 1. The van der Waals surface area contributed by atoms with E-state index in [0.717, 1.165) is 34.7 Å². The molecule has 1 N–H and O–H groups in total. The van der Waals surface area contributed by atoms with Crippen molar-refractivity contribution in [3.05, 3.63) is 82.7 Å². The third-order valence-corrected chi connectivity index (χ3v) is 7.90. The maximum atomic E-state index is 11.3. The quantitative estimate of drug-likeness (QED) is 0.323. The van der Waals surface area contributed by atoms with Crippen molar-refractivity contribution in [2.75, 3.05) is 0 Å². The highest BCUT2D eigenvalue weighted by molar-refractivity contribution is 7.99. The molecule has 0 saturated carbocycles. The second-order valence-electron chi connectivity index (χ2n) is 9.93. The maximum Gasteiger partial charge on any atom is 0.337 e. The Morgan fingerprint density at radius 3 is 2.18 bits per heavy atom. The van der Waals surface area contributed by atoms with Crippen LogP contribution in [0.25, 0.3) is 0 Å². The Labute approximate surface area is 206 Å². The summed E-state index contributed by atoms with van der Waals surface area (Å²) in [5.74, 6) is -0.980.